The molecule has 1 saturated heterocycles. The molecule has 0 radical (unpaired) electrons. The first-order valence-corrected chi connectivity index (χ1v) is 9.33. The number of oxazole rings is 1. The Morgan fingerprint density at radius 1 is 1.32 bits per heavy atom. The summed E-state index contributed by atoms with van der Waals surface area (Å²) >= 11 is 1.09. The largest absolute Gasteiger partial charge is 0.424 e. The van der Waals surface area contributed by atoms with Crippen molar-refractivity contribution in [3.05, 3.63) is 35.5 Å². The molecule has 0 aromatic carbocycles. The molecule has 0 saturated carbocycles. The van der Waals surface area contributed by atoms with E-state index >= 15 is 0 Å². The summed E-state index contributed by atoms with van der Waals surface area (Å²) in [7, 11) is 0. The maximum atomic E-state index is 12.5. The van der Waals surface area contributed by atoms with E-state index in [1.54, 1.807) is 11.8 Å². The van der Waals surface area contributed by atoms with Crippen molar-refractivity contribution >= 4 is 23.6 Å². The molecule has 3 rings (SSSR count). The quantitative estimate of drug-likeness (QED) is 0.715. The summed E-state index contributed by atoms with van der Waals surface area (Å²) in [6.45, 7) is 3.56. The van der Waals surface area contributed by atoms with Crippen LogP contribution in [0.4, 0.5) is 19.1 Å². The lowest BCUT2D eigenvalue weighted by molar-refractivity contribution is -0.138. The Morgan fingerprint density at radius 3 is 2.61 bits per heavy atom. The average molecular weight is 411 g/mol. The summed E-state index contributed by atoms with van der Waals surface area (Å²) in [5.41, 5.74) is -0.597. The Kier molecular flexibility index (Phi) is 5.79. The molecule has 1 fully saturated rings. The van der Waals surface area contributed by atoms with Gasteiger partial charge in [0.15, 0.2) is 5.89 Å². The van der Waals surface area contributed by atoms with Gasteiger partial charge in [-0.25, -0.2) is 9.97 Å². The van der Waals surface area contributed by atoms with Crippen LogP contribution in [0, 0.1) is 18.3 Å². The minimum atomic E-state index is -4.43. The molecular weight excluding hydrogens is 395 g/mol. The molecule has 148 valence electrons. The first kappa shape index (κ1) is 20.0. The summed E-state index contributed by atoms with van der Waals surface area (Å²) in [4.78, 5) is 23.7. The number of amides is 1. The predicted molar refractivity (Wildman–Crippen MR) is 94.7 cm³/mol. The molecule has 0 spiro atoms. The zero-order chi connectivity index (χ0) is 20.3. The molecule has 28 heavy (non-hydrogen) atoms. The molecule has 0 bridgehead atoms. The van der Waals surface area contributed by atoms with Crippen molar-refractivity contribution < 1.29 is 22.4 Å². The molecule has 2 aromatic rings. The molecule has 1 aliphatic heterocycles. The Labute approximate surface area is 163 Å². The number of aryl methyl sites for hydroxylation is 1. The van der Waals surface area contributed by atoms with Crippen molar-refractivity contribution in [3.63, 3.8) is 0 Å². The number of carbonyl (C=O) groups is 1. The van der Waals surface area contributed by atoms with Gasteiger partial charge in [-0.1, -0.05) is 11.8 Å². The van der Waals surface area contributed by atoms with Crippen LogP contribution in [0.5, 0.6) is 0 Å². The number of alkyl halides is 3. The van der Waals surface area contributed by atoms with E-state index in [1.807, 2.05) is 11.0 Å². The van der Waals surface area contributed by atoms with Crippen LogP contribution in [0.1, 0.15) is 17.1 Å². The highest BCUT2D eigenvalue weighted by Crippen LogP contribution is 2.29. The molecule has 7 nitrogen and oxygen atoms in total. The third kappa shape index (κ3) is 4.56. The van der Waals surface area contributed by atoms with Crippen molar-refractivity contribution in [1.29, 1.82) is 5.26 Å². The third-order valence-electron chi connectivity index (χ3n) is 4.15. The predicted octanol–water partition coefficient (Wildman–Crippen LogP) is 2.71. The number of piperazine rings is 1. The molecule has 0 atom stereocenters. The molecule has 0 N–H and O–H groups in total. The molecule has 0 aliphatic carbocycles. The van der Waals surface area contributed by atoms with Gasteiger partial charge in [0.25, 0.3) is 0 Å². The van der Waals surface area contributed by atoms with Crippen molar-refractivity contribution in [2.24, 2.45) is 0 Å². The van der Waals surface area contributed by atoms with Gasteiger partial charge >= 0.3 is 6.18 Å². The van der Waals surface area contributed by atoms with E-state index in [0.29, 0.717) is 43.0 Å². The van der Waals surface area contributed by atoms with E-state index in [9.17, 15) is 18.0 Å². The average Bonchev–Trinajstić information content (AvgIpc) is 3.06. The lowest BCUT2D eigenvalue weighted by atomic mass is 10.3. The smallest absolute Gasteiger partial charge is 0.417 e. The third-order valence-corrected chi connectivity index (χ3v) is 5.08. The molecular formula is C17H16F3N5O2S. The fraction of sp³-hybridized carbons (Fsp3) is 0.412. The van der Waals surface area contributed by atoms with Crippen LogP contribution in [0.3, 0.4) is 0 Å². The number of halogens is 3. The summed E-state index contributed by atoms with van der Waals surface area (Å²) in [5, 5.41) is 9.46. The van der Waals surface area contributed by atoms with Crippen LogP contribution >= 0.6 is 11.8 Å². The van der Waals surface area contributed by atoms with E-state index in [4.69, 9.17) is 9.68 Å². The number of thioether (sulfide) groups is 1. The minimum Gasteiger partial charge on any atom is -0.424 e. The van der Waals surface area contributed by atoms with Crippen molar-refractivity contribution in [2.45, 2.75) is 18.1 Å². The highest BCUT2D eigenvalue weighted by Gasteiger charge is 2.31. The number of nitriles is 1. The minimum absolute atomic E-state index is 0.0865. The Bertz CT molecular complexity index is 884. The van der Waals surface area contributed by atoms with Crippen LogP contribution in [0.2, 0.25) is 0 Å². The van der Waals surface area contributed by atoms with Crippen molar-refractivity contribution in [3.8, 4) is 6.07 Å². The maximum absolute atomic E-state index is 12.5. The van der Waals surface area contributed by atoms with Gasteiger partial charge in [-0.15, -0.1) is 0 Å². The van der Waals surface area contributed by atoms with Gasteiger partial charge in [0, 0.05) is 39.3 Å². The monoisotopic (exact) mass is 411 g/mol. The summed E-state index contributed by atoms with van der Waals surface area (Å²) in [6, 6.07) is 4.20. The topological polar surface area (TPSA) is 86.3 Å². The van der Waals surface area contributed by atoms with Gasteiger partial charge < -0.3 is 14.2 Å². The highest BCUT2D eigenvalue weighted by molar-refractivity contribution is 7.99. The van der Waals surface area contributed by atoms with Crippen LogP contribution < -0.4 is 4.90 Å². The second-order valence-corrected chi connectivity index (χ2v) is 7.03. The number of pyridine rings is 1. The first-order valence-electron chi connectivity index (χ1n) is 8.34. The van der Waals surface area contributed by atoms with Gasteiger partial charge in [0.05, 0.1) is 16.3 Å². The number of hydrogen-bond donors (Lipinski definition) is 0. The molecule has 2 aromatic heterocycles. The number of carbonyl (C=O) groups excluding carboxylic acids is 1. The van der Waals surface area contributed by atoms with Crippen molar-refractivity contribution in [2.75, 3.05) is 36.8 Å². The molecule has 3 heterocycles. The summed E-state index contributed by atoms with van der Waals surface area (Å²) in [5.74, 6) is 0.782. The van der Waals surface area contributed by atoms with Gasteiger partial charge in [-0.3, -0.25) is 4.79 Å². The van der Waals surface area contributed by atoms with E-state index < -0.39 is 11.7 Å². The molecule has 11 heteroatoms. The zero-order valence-corrected chi connectivity index (χ0v) is 15.7. The summed E-state index contributed by atoms with van der Waals surface area (Å²) in [6.07, 6.45) is -3.67. The number of aromatic nitrogens is 2. The first-order chi connectivity index (χ1) is 13.3. The summed E-state index contributed by atoms with van der Waals surface area (Å²) < 4.78 is 43.1. The van der Waals surface area contributed by atoms with Gasteiger partial charge in [0.2, 0.25) is 17.5 Å². The second kappa shape index (κ2) is 8.10. The van der Waals surface area contributed by atoms with Gasteiger partial charge in [-0.2, -0.15) is 18.4 Å². The lowest BCUT2D eigenvalue weighted by Gasteiger charge is -2.34. The number of rotatable bonds is 4. The van der Waals surface area contributed by atoms with Gasteiger partial charge in [0.1, 0.15) is 6.07 Å². The van der Waals surface area contributed by atoms with E-state index in [0.717, 1.165) is 24.0 Å². The van der Waals surface area contributed by atoms with Crippen LogP contribution in [0.15, 0.2) is 27.8 Å². The fourth-order valence-corrected chi connectivity index (χ4v) is 3.47. The number of hydrogen-bond acceptors (Lipinski definition) is 7. The standard InChI is InChI=1S/C17H16F3N5O2S/c1-11-23-13(8-21)16(27-11)25-6-4-24(5-7-25)15(26)10-28-14-3-2-12(9-22-14)17(18,19)20/h2-3,9H,4-7,10H2,1H3. The van der Waals surface area contributed by atoms with Crippen LogP contribution in [-0.2, 0) is 11.0 Å². The van der Waals surface area contributed by atoms with E-state index in [-0.39, 0.29) is 17.4 Å². The Balaban J connectivity index is 1.51. The van der Waals surface area contributed by atoms with Crippen LogP contribution in [-0.4, -0.2) is 52.7 Å². The number of nitrogens with zero attached hydrogens (tertiary/aromatic N) is 5. The van der Waals surface area contributed by atoms with Crippen molar-refractivity contribution in [1.82, 2.24) is 14.9 Å². The zero-order valence-electron chi connectivity index (χ0n) is 14.9. The molecule has 1 aliphatic rings. The normalized spacial score (nSPS) is 14.8. The van der Waals surface area contributed by atoms with E-state index in [2.05, 4.69) is 9.97 Å². The highest BCUT2D eigenvalue weighted by atomic mass is 32.2. The SMILES string of the molecule is Cc1nc(C#N)c(N2CCN(C(=O)CSc3ccc(C(F)(F)F)cn3)CC2)o1. The molecule has 0 unspecified atom stereocenters. The maximum Gasteiger partial charge on any atom is 0.417 e. The Hall–Kier alpha value is -2.74. The molecule has 1 amide bonds. The van der Waals surface area contributed by atoms with E-state index in [1.165, 1.54) is 6.07 Å². The van der Waals surface area contributed by atoms with Crippen LogP contribution in [0.25, 0.3) is 0 Å². The van der Waals surface area contributed by atoms with Gasteiger partial charge in [-0.05, 0) is 12.1 Å². The lowest BCUT2D eigenvalue weighted by Crippen LogP contribution is -2.49. The fourth-order valence-electron chi connectivity index (χ4n) is 2.72. The number of anilines is 1. The second-order valence-electron chi connectivity index (χ2n) is 6.04. The Morgan fingerprint density at radius 2 is 2.04 bits per heavy atom.